The van der Waals surface area contributed by atoms with Crippen LogP contribution in [0.4, 0.5) is 17.1 Å². The molecule has 0 amide bonds. The minimum Gasteiger partial charge on any atom is -0.399 e. The topological polar surface area (TPSA) is 32.5 Å². The summed E-state index contributed by atoms with van der Waals surface area (Å²) in [5, 5.41) is 0. The van der Waals surface area contributed by atoms with Crippen LogP contribution in [0.3, 0.4) is 0 Å². The van der Waals surface area contributed by atoms with E-state index in [1.165, 1.54) is 11.4 Å². The van der Waals surface area contributed by atoms with Crippen LogP contribution in [0, 0.1) is 0 Å². The minimum atomic E-state index is 0.822. The molecule has 0 radical (unpaired) electrons. The number of halogens is 1. The average Bonchev–Trinajstić information content (AvgIpc) is 2.49. The van der Waals surface area contributed by atoms with E-state index < -0.39 is 0 Å². The van der Waals surface area contributed by atoms with E-state index in [0.717, 1.165) is 36.3 Å². The van der Waals surface area contributed by atoms with E-state index >= 15 is 0 Å². The highest BCUT2D eigenvalue weighted by atomic mass is 79.9. The van der Waals surface area contributed by atoms with Gasteiger partial charge in [-0.1, -0.05) is 15.9 Å². The van der Waals surface area contributed by atoms with Gasteiger partial charge in [-0.3, -0.25) is 0 Å². The molecule has 1 saturated heterocycles. The molecule has 20 heavy (non-hydrogen) atoms. The first-order chi connectivity index (χ1) is 9.72. The highest BCUT2D eigenvalue weighted by molar-refractivity contribution is 9.10. The third kappa shape index (κ3) is 2.90. The van der Waals surface area contributed by atoms with E-state index in [2.05, 4.69) is 62.1 Å². The number of hydrogen-bond donors (Lipinski definition) is 1. The van der Waals surface area contributed by atoms with Crippen LogP contribution in [0.25, 0.3) is 0 Å². The first-order valence-corrected chi connectivity index (χ1v) is 7.63. The molecule has 0 unspecified atom stereocenters. The Hall–Kier alpha value is -1.68. The van der Waals surface area contributed by atoms with Crippen LogP contribution in [0.1, 0.15) is 0 Å². The molecule has 0 spiro atoms. The van der Waals surface area contributed by atoms with Crippen molar-refractivity contribution in [1.29, 1.82) is 0 Å². The number of rotatable bonds is 2. The lowest BCUT2D eigenvalue weighted by Crippen LogP contribution is -2.46. The van der Waals surface area contributed by atoms with Crippen molar-refractivity contribution >= 4 is 33.0 Å². The van der Waals surface area contributed by atoms with Gasteiger partial charge in [-0.05, 0) is 48.5 Å². The Morgan fingerprint density at radius 3 is 1.55 bits per heavy atom. The van der Waals surface area contributed by atoms with Crippen LogP contribution in [-0.4, -0.2) is 26.2 Å². The maximum Gasteiger partial charge on any atom is 0.0368 e. The smallest absolute Gasteiger partial charge is 0.0368 e. The predicted octanol–water partition coefficient (Wildman–Crippen LogP) is 3.36. The van der Waals surface area contributed by atoms with Crippen molar-refractivity contribution in [3.05, 3.63) is 53.0 Å². The number of nitrogen functional groups attached to an aromatic ring is 1. The van der Waals surface area contributed by atoms with Crippen LogP contribution in [0.2, 0.25) is 0 Å². The first kappa shape index (κ1) is 13.3. The Labute approximate surface area is 128 Å². The lowest BCUT2D eigenvalue weighted by atomic mass is 10.2. The molecule has 1 aliphatic rings. The van der Waals surface area contributed by atoms with Gasteiger partial charge in [0.2, 0.25) is 0 Å². The van der Waals surface area contributed by atoms with E-state index in [0.29, 0.717) is 0 Å². The zero-order valence-electron chi connectivity index (χ0n) is 11.3. The first-order valence-electron chi connectivity index (χ1n) is 6.83. The molecule has 104 valence electrons. The Morgan fingerprint density at radius 1 is 0.700 bits per heavy atom. The van der Waals surface area contributed by atoms with Crippen LogP contribution in [-0.2, 0) is 0 Å². The maximum atomic E-state index is 5.74. The fraction of sp³-hybridized carbons (Fsp3) is 0.250. The lowest BCUT2D eigenvalue weighted by molar-refractivity contribution is 0.653. The summed E-state index contributed by atoms with van der Waals surface area (Å²) in [4.78, 5) is 4.84. The second-order valence-corrected chi connectivity index (χ2v) is 5.96. The molecule has 0 saturated carbocycles. The molecule has 2 aromatic rings. The number of nitrogens with two attached hydrogens (primary N) is 1. The molecule has 0 aliphatic carbocycles. The zero-order chi connectivity index (χ0) is 13.9. The zero-order valence-corrected chi connectivity index (χ0v) is 12.9. The highest BCUT2D eigenvalue weighted by Crippen LogP contribution is 2.22. The van der Waals surface area contributed by atoms with Crippen LogP contribution in [0.5, 0.6) is 0 Å². The molecule has 1 fully saturated rings. The third-order valence-corrected chi connectivity index (χ3v) is 4.26. The average molecular weight is 332 g/mol. The quantitative estimate of drug-likeness (QED) is 0.856. The Balaban J connectivity index is 1.64. The van der Waals surface area contributed by atoms with Crippen LogP contribution >= 0.6 is 15.9 Å². The van der Waals surface area contributed by atoms with E-state index in [-0.39, 0.29) is 0 Å². The Kier molecular flexibility index (Phi) is 3.83. The summed E-state index contributed by atoms with van der Waals surface area (Å²) in [6.45, 7) is 4.18. The summed E-state index contributed by atoms with van der Waals surface area (Å²) in [5.74, 6) is 0. The van der Waals surface area contributed by atoms with Gasteiger partial charge in [-0.15, -0.1) is 0 Å². The Bertz CT molecular complexity index is 504. The number of hydrogen-bond acceptors (Lipinski definition) is 3. The fourth-order valence-corrected chi connectivity index (χ4v) is 2.82. The van der Waals surface area contributed by atoms with Crippen molar-refractivity contribution in [1.82, 2.24) is 0 Å². The summed E-state index contributed by atoms with van der Waals surface area (Å²) >= 11 is 3.48. The van der Waals surface area contributed by atoms with E-state index in [1.54, 1.807) is 0 Å². The SMILES string of the molecule is Nc1ccc(N2CCN(c3ccc(Br)cc3)CC2)cc1. The van der Waals surface area contributed by atoms with Gasteiger partial charge in [-0.25, -0.2) is 0 Å². The van der Waals surface area contributed by atoms with Crippen molar-refractivity contribution in [2.75, 3.05) is 41.7 Å². The molecule has 0 atom stereocenters. The fourth-order valence-electron chi connectivity index (χ4n) is 2.56. The summed E-state index contributed by atoms with van der Waals surface area (Å²) in [7, 11) is 0. The van der Waals surface area contributed by atoms with Crippen molar-refractivity contribution in [2.24, 2.45) is 0 Å². The molecule has 2 aromatic carbocycles. The number of benzene rings is 2. The number of piperazine rings is 1. The second kappa shape index (κ2) is 5.75. The molecule has 2 N–H and O–H groups in total. The standard InChI is InChI=1S/C16H18BrN3/c17-13-1-5-15(6-2-13)19-9-11-20(12-10-19)16-7-3-14(18)4-8-16/h1-8H,9-12,18H2. The van der Waals surface area contributed by atoms with Gasteiger partial charge in [0.1, 0.15) is 0 Å². The summed E-state index contributed by atoms with van der Waals surface area (Å²) in [6, 6.07) is 16.7. The van der Waals surface area contributed by atoms with Crippen molar-refractivity contribution in [3.8, 4) is 0 Å². The van der Waals surface area contributed by atoms with Gasteiger partial charge in [-0.2, -0.15) is 0 Å². The molecule has 1 heterocycles. The van der Waals surface area contributed by atoms with Crippen LogP contribution < -0.4 is 15.5 Å². The van der Waals surface area contributed by atoms with E-state index in [9.17, 15) is 0 Å². The summed E-state index contributed by atoms with van der Waals surface area (Å²) < 4.78 is 1.13. The van der Waals surface area contributed by atoms with Gasteiger partial charge in [0.25, 0.3) is 0 Å². The third-order valence-electron chi connectivity index (χ3n) is 3.73. The molecule has 0 bridgehead atoms. The lowest BCUT2D eigenvalue weighted by Gasteiger charge is -2.37. The van der Waals surface area contributed by atoms with Gasteiger partial charge < -0.3 is 15.5 Å². The van der Waals surface area contributed by atoms with Crippen molar-refractivity contribution < 1.29 is 0 Å². The van der Waals surface area contributed by atoms with Crippen molar-refractivity contribution in [2.45, 2.75) is 0 Å². The van der Waals surface area contributed by atoms with E-state index in [1.807, 2.05) is 12.1 Å². The largest absolute Gasteiger partial charge is 0.399 e. The molecule has 0 aromatic heterocycles. The summed E-state index contributed by atoms with van der Waals surface area (Å²) in [6.07, 6.45) is 0. The van der Waals surface area contributed by atoms with Gasteiger partial charge in [0.15, 0.2) is 0 Å². The number of nitrogens with zero attached hydrogens (tertiary/aromatic N) is 2. The van der Waals surface area contributed by atoms with E-state index in [4.69, 9.17) is 5.73 Å². The Morgan fingerprint density at radius 2 is 1.10 bits per heavy atom. The normalized spacial score (nSPS) is 15.4. The molecule has 1 aliphatic heterocycles. The predicted molar refractivity (Wildman–Crippen MR) is 89.4 cm³/mol. The van der Waals surface area contributed by atoms with Crippen LogP contribution in [0.15, 0.2) is 53.0 Å². The number of anilines is 3. The van der Waals surface area contributed by atoms with Gasteiger partial charge >= 0.3 is 0 Å². The second-order valence-electron chi connectivity index (χ2n) is 5.04. The molecule has 3 nitrogen and oxygen atoms in total. The summed E-state index contributed by atoms with van der Waals surface area (Å²) in [5.41, 5.74) is 9.11. The molecule has 3 rings (SSSR count). The minimum absolute atomic E-state index is 0.822. The van der Waals surface area contributed by atoms with Gasteiger partial charge in [0.05, 0.1) is 0 Å². The van der Waals surface area contributed by atoms with Crippen molar-refractivity contribution in [3.63, 3.8) is 0 Å². The molecular formula is C16H18BrN3. The molecule has 4 heteroatoms. The van der Waals surface area contributed by atoms with Gasteiger partial charge in [0, 0.05) is 47.7 Å². The molecular weight excluding hydrogens is 314 g/mol. The maximum absolute atomic E-state index is 5.74. The highest BCUT2D eigenvalue weighted by Gasteiger charge is 2.17. The monoisotopic (exact) mass is 331 g/mol.